The number of urea groups is 1. The van der Waals surface area contributed by atoms with Crippen LogP contribution in [0.3, 0.4) is 0 Å². The Morgan fingerprint density at radius 3 is 2.38 bits per heavy atom. The Kier molecular flexibility index (Phi) is 4.16. The maximum Gasteiger partial charge on any atom is 0.326 e. The molecule has 2 aromatic heterocycles. The molecule has 0 aliphatic carbocycles. The Bertz CT molecular complexity index is 1210. The van der Waals surface area contributed by atoms with Gasteiger partial charge in [0.2, 0.25) is 0 Å². The van der Waals surface area contributed by atoms with E-state index in [0.717, 1.165) is 5.56 Å². The van der Waals surface area contributed by atoms with Crippen LogP contribution in [0.5, 0.6) is 0 Å². The number of imidazole rings is 1. The number of pyridine rings is 1. The van der Waals surface area contributed by atoms with E-state index in [0.29, 0.717) is 3.97 Å². The maximum absolute atomic E-state index is 13.1. The van der Waals surface area contributed by atoms with E-state index in [1.807, 2.05) is 0 Å². The lowest BCUT2D eigenvalue weighted by Crippen LogP contribution is -2.37. The molecule has 0 saturated heterocycles. The molecule has 0 saturated carbocycles. The van der Waals surface area contributed by atoms with Gasteiger partial charge < -0.3 is 5.73 Å². The number of carbonyl (C=O) groups is 1. The molecule has 0 fully saturated rings. The van der Waals surface area contributed by atoms with Crippen molar-refractivity contribution < 1.29 is 21.6 Å². The van der Waals surface area contributed by atoms with Crippen molar-refractivity contribution in [1.29, 1.82) is 0 Å². The monoisotopic (exact) mass is 395 g/mol. The number of nitrogens with zero attached hydrogens (tertiary/aromatic N) is 3. The average Bonchev–Trinajstić information content (AvgIpc) is 2.95. The standard InChI is InChI=1S/C14H13N5O5S2/c1-9-2-4-10(5-3-9)26(23,24)19-12-6-7-16-8-11(12)17-14(19)25(21,22)18-13(15)20/h2-8H,1H3,(H3,15,18,20). The third kappa shape index (κ3) is 2.99. The van der Waals surface area contributed by atoms with Crippen LogP contribution >= 0.6 is 0 Å². The largest absolute Gasteiger partial charge is 0.351 e. The van der Waals surface area contributed by atoms with Gasteiger partial charge in [0.05, 0.1) is 16.6 Å². The summed E-state index contributed by atoms with van der Waals surface area (Å²) in [4.78, 5) is 18.5. The predicted molar refractivity (Wildman–Crippen MR) is 91.2 cm³/mol. The van der Waals surface area contributed by atoms with E-state index in [-0.39, 0.29) is 15.9 Å². The van der Waals surface area contributed by atoms with Gasteiger partial charge in [0, 0.05) is 6.20 Å². The Hall–Kier alpha value is -2.99. The number of sulfonamides is 1. The summed E-state index contributed by atoms with van der Waals surface area (Å²) in [6, 6.07) is 5.77. The summed E-state index contributed by atoms with van der Waals surface area (Å²) < 4.78 is 53.0. The molecule has 2 heterocycles. The zero-order chi connectivity index (χ0) is 19.1. The molecular weight excluding hydrogens is 382 g/mol. The molecule has 0 aliphatic rings. The molecule has 0 unspecified atom stereocenters. The molecule has 0 bridgehead atoms. The van der Waals surface area contributed by atoms with Crippen LogP contribution in [0.25, 0.3) is 11.0 Å². The van der Waals surface area contributed by atoms with Gasteiger partial charge in [-0.15, -0.1) is 0 Å². The van der Waals surface area contributed by atoms with Crippen molar-refractivity contribution in [2.45, 2.75) is 17.0 Å². The quantitative estimate of drug-likeness (QED) is 0.645. The molecule has 1 aromatic carbocycles. The maximum atomic E-state index is 13.1. The zero-order valence-corrected chi connectivity index (χ0v) is 15.0. The summed E-state index contributed by atoms with van der Waals surface area (Å²) in [5, 5.41) is -0.889. The molecule has 0 aliphatic heterocycles. The summed E-state index contributed by atoms with van der Waals surface area (Å²) in [7, 11) is -8.96. The molecule has 3 rings (SSSR count). The van der Waals surface area contributed by atoms with Crippen molar-refractivity contribution in [1.82, 2.24) is 18.7 Å². The molecule has 3 aromatic rings. The normalized spacial score (nSPS) is 12.2. The molecule has 136 valence electrons. The third-order valence-electron chi connectivity index (χ3n) is 3.42. The van der Waals surface area contributed by atoms with Crippen molar-refractivity contribution in [2.24, 2.45) is 5.73 Å². The van der Waals surface area contributed by atoms with Crippen molar-refractivity contribution in [3.8, 4) is 0 Å². The highest BCUT2D eigenvalue weighted by Crippen LogP contribution is 2.25. The molecular formula is C14H13N5O5S2. The number of nitrogens with two attached hydrogens (primary N) is 1. The number of amides is 2. The fourth-order valence-electron chi connectivity index (χ4n) is 2.28. The number of aryl methyl sites for hydroxylation is 1. The first-order valence-electron chi connectivity index (χ1n) is 7.10. The average molecular weight is 395 g/mol. The smallest absolute Gasteiger partial charge is 0.326 e. The number of carbonyl (C=O) groups excluding carboxylic acids is 1. The molecule has 0 radical (unpaired) electrons. The number of fused-ring (bicyclic) bond motifs is 1. The summed E-state index contributed by atoms with van der Waals surface area (Å²) in [5.41, 5.74) is 5.71. The van der Waals surface area contributed by atoms with Crippen LogP contribution in [0.4, 0.5) is 4.79 Å². The minimum absolute atomic E-state index is 0.00887. The Morgan fingerprint density at radius 2 is 1.77 bits per heavy atom. The van der Waals surface area contributed by atoms with Crippen LogP contribution in [-0.2, 0) is 20.0 Å². The van der Waals surface area contributed by atoms with E-state index in [1.165, 1.54) is 35.3 Å². The van der Waals surface area contributed by atoms with E-state index in [9.17, 15) is 21.6 Å². The van der Waals surface area contributed by atoms with Crippen LogP contribution in [-0.4, -0.2) is 36.8 Å². The van der Waals surface area contributed by atoms with Crippen LogP contribution in [0.1, 0.15) is 5.56 Å². The minimum Gasteiger partial charge on any atom is -0.351 e. The predicted octanol–water partition coefficient (Wildman–Crippen LogP) is 0.334. The van der Waals surface area contributed by atoms with E-state index >= 15 is 0 Å². The SMILES string of the molecule is Cc1ccc(S(=O)(=O)n2c(S(=O)(=O)NC(N)=O)nc3cnccc32)cc1. The summed E-state index contributed by atoms with van der Waals surface area (Å²) in [6.45, 7) is 1.78. The number of hydrogen-bond donors (Lipinski definition) is 2. The molecule has 0 atom stereocenters. The highest BCUT2D eigenvalue weighted by atomic mass is 32.2. The first-order valence-corrected chi connectivity index (χ1v) is 10.0. The zero-order valence-electron chi connectivity index (χ0n) is 13.3. The van der Waals surface area contributed by atoms with E-state index in [2.05, 4.69) is 9.97 Å². The van der Waals surface area contributed by atoms with Gasteiger partial charge in [-0.2, -0.15) is 8.42 Å². The van der Waals surface area contributed by atoms with Gasteiger partial charge in [-0.05, 0) is 25.1 Å². The van der Waals surface area contributed by atoms with Crippen molar-refractivity contribution in [2.75, 3.05) is 0 Å². The second kappa shape index (κ2) is 6.07. The third-order valence-corrected chi connectivity index (χ3v) is 6.48. The Morgan fingerprint density at radius 1 is 1.12 bits per heavy atom. The second-order valence-electron chi connectivity index (χ2n) is 5.31. The van der Waals surface area contributed by atoms with Gasteiger partial charge in [0.1, 0.15) is 5.52 Å². The Balaban J connectivity index is 2.36. The van der Waals surface area contributed by atoms with Gasteiger partial charge in [0.15, 0.2) is 0 Å². The first-order chi connectivity index (χ1) is 12.1. The molecule has 2 amide bonds. The lowest BCUT2D eigenvalue weighted by Gasteiger charge is -2.11. The molecule has 26 heavy (non-hydrogen) atoms. The Labute approximate surface area is 148 Å². The fraction of sp³-hybridized carbons (Fsp3) is 0.0714. The lowest BCUT2D eigenvalue weighted by atomic mass is 10.2. The van der Waals surface area contributed by atoms with E-state index in [4.69, 9.17) is 5.73 Å². The highest BCUT2D eigenvalue weighted by Gasteiger charge is 2.32. The number of aromatic nitrogens is 3. The van der Waals surface area contributed by atoms with Crippen LogP contribution in [0.2, 0.25) is 0 Å². The van der Waals surface area contributed by atoms with Crippen LogP contribution < -0.4 is 10.5 Å². The van der Waals surface area contributed by atoms with Gasteiger partial charge >= 0.3 is 16.1 Å². The number of hydrogen-bond acceptors (Lipinski definition) is 7. The van der Waals surface area contributed by atoms with Crippen LogP contribution in [0.15, 0.2) is 52.8 Å². The van der Waals surface area contributed by atoms with Gasteiger partial charge in [-0.1, -0.05) is 17.7 Å². The van der Waals surface area contributed by atoms with E-state index in [1.54, 1.807) is 19.1 Å². The summed E-state index contributed by atoms with van der Waals surface area (Å²) in [5.74, 6) is 0. The van der Waals surface area contributed by atoms with Crippen molar-refractivity contribution in [3.63, 3.8) is 0 Å². The topological polar surface area (TPSA) is 154 Å². The molecule has 10 nitrogen and oxygen atoms in total. The van der Waals surface area contributed by atoms with E-state index < -0.39 is 31.2 Å². The molecule has 3 N–H and O–H groups in total. The lowest BCUT2D eigenvalue weighted by molar-refractivity contribution is 0.253. The van der Waals surface area contributed by atoms with Gasteiger partial charge in [-0.25, -0.2) is 26.9 Å². The minimum atomic E-state index is -4.63. The van der Waals surface area contributed by atoms with Gasteiger partial charge in [-0.3, -0.25) is 4.98 Å². The van der Waals surface area contributed by atoms with Gasteiger partial charge in [0.25, 0.3) is 15.2 Å². The molecule has 0 spiro atoms. The van der Waals surface area contributed by atoms with Crippen molar-refractivity contribution in [3.05, 3.63) is 48.3 Å². The number of rotatable bonds is 4. The number of nitrogens with one attached hydrogen (secondary N) is 1. The fourth-order valence-corrected chi connectivity index (χ4v) is 5.11. The van der Waals surface area contributed by atoms with Crippen molar-refractivity contribution >= 4 is 37.1 Å². The molecule has 12 heteroatoms. The van der Waals surface area contributed by atoms with Crippen LogP contribution in [0, 0.1) is 6.92 Å². The number of benzene rings is 1. The first kappa shape index (κ1) is 17.8. The summed E-state index contributed by atoms with van der Waals surface area (Å²) >= 11 is 0. The summed E-state index contributed by atoms with van der Waals surface area (Å²) in [6.07, 6.45) is 2.50. The highest BCUT2D eigenvalue weighted by molar-refractivity contribution is 7.93. The second-order valence-corrected chi connectivity index (χ2v) is 8.67. The number of primary amides is 1.